The third-order valence-electron chi connectivity index (χ3n) is 3.40. The van der Waals surface area contributed by atoms with E-state index < -0.39 is 0 Å². The minimum absolute atomic E-state index is 0.115. The van der Waals surface area contributed by atoms with Crippen molar-refractivity contribution in [1.82, 2.24) is 10.4 Å². The van der Waals surface area contributed by atoms with Crippen LogP contribution in [0.15, 0.2) is 18.2 Å². The lowest BCUT2D eigenvalue weighted by atomic mass is 10.1. The largest absolute Gasteiger partial charge is 0.495 e. The Morgan fingerprint density at radius 2 is 2.14 bits per heavy atom. The zero-order valence-electron chi connectivity index (χ0n) is 12.3. The highest BCUT2D eigenvalue weighted by atomic mass is 16.5. The Morgan fingerprint density at radius 1 is 1.38 bits per heavy atom. The number of carbonyl (C=O) groups is 1. The van der Waals surface area contributed by atoms with Crippen molar-refractivity contribution in [3.05, 3.63) is 29.3 Å². The molecule has 1 fully saturated rings. The number of carbonyl (C=O) groups excluding carboxylic acids is 1. The van der Waals surface area contributed by atoms with Gasteiger partial charge in [0.15, 0.2) is 0 Å². The van der Waals surface area contributed by atoms with Crippen molar-refractivity contribution in [2.45, 2.75) is 19.3 Å². The molecule has 0 unspecified atom stereocenters. The van der Waals surface area contributed by atoms with Crippen molar-refractivity contribution in [3.63, 3.8) is 0 Å². The maximum absolute atomic E-state index is 12.3. The Kier molecular flexibility index (Phi) is 5.61. The molecule has 0 spiro atoms. The first-order valence-electron chi connectivity index (χ1n) is 7.17. The lowest BCUT2D eigenvalue weighted by Crippen LogP contribution is -2.45. The maximum Gasteiger partial charge on any atom is 0.265 e. The number of ether oxygens (including phenoxy) is 1. The fraction of sp³-hybridized carbons (Fsp3) is 0.438. The van der Waals surface area contributed by atoms with Crippen molar-refractivity contribution in [3.8, 4) is 17.6 Å². The topological polar surface area (TPSA) is 67.6 Å². The van der Waals surface area contributed by atoms with Crippen LogP contribution in [0.25, 0.3) is 0 Å². The van der Waals surface area contributed by atoms with Gasteiger partial charge in [0, 0.05) is 18.7 Å². The molecule has 1 aromatic carbocycles. The molecule has 1 aromatic rings. The van der Waals surface area contributed by atoms with E-state index in [4.69, 9.17) is 10.5 Å². The minimum Gasteiger partial charge on any atom is -0.495 e. The summed E-state index contributed by atoms with van der Waals surface area (Å²) in [6.45, 7) is 2.08. The Bertz CT molecular complexity index is 554. The molecule has 3 N–H and O–H groups in total. The molecule has 0 aromatic heterocycles. The molecule has 1 saturated heterocycles. The van der Waals surface area contributed by atoms with E-state index in [1.807, 2.05) is 5.01 Å². The van der Waals surface area contributed by atoms with Gasteiger partial charge in [-0.2, -0.15) is 0 Å². The molecule has 1 aliphatic rings. The average Bonchev–Trinajstić information content (AvgIpc) is 2.53. The Balaban J connectivity index is 2.13. The van der Waals surface area contributed by atoms with E-state index in [1.54, 1.807) is 25.3 Å². The van der Waals surface area contributed by atoms with E-state index in [0.717, 1.165) is 25.9 Å². The minimum atomic E-state index is -0.115. The number of hydrogen-bond acceptors (Lipinski definition) is 4. The zero-order valence-corrected chi connectivity index (χ0v) is 12.3. The molecule has 0 aliphatic carbocycles. The number of nitrogens with zero attached hydrogens (tertiary/aromatic N) is 1. The summed E-state index contributed by atoms with van der Waals surface area (Å²) in [5, 5.41) is 1.97. The fourth-order valence-electron chi connectivity index (χ4n) is 2.31. The van der Waals surface area contributed by atoms with E-state index in [9.17, 15) is 4.79 Å². The third-order valence-corrected chi connectivity index (χ3v) is 3.40. The number of rotatable bonds is 3. The van der Waals surface area contributed by atoms with Gasteiger partial charge in [-0.05, 0) is 31.0 Å². The van der Waals surface area contributed by atoms with E-state index in [2.05, 4.69) is 17.3 Å². The van der Waals surface area contributed by atoms with Gasteiger partial charge in [0.25, 0.3) is 5.91 Å². The number of nitrogens with two attached hydrogens (primary N) is 1. The number of amides is 1. The van der Waals surface area contributed by atoms with Crippen LogP contribution < -0.4 is 15.9 Å². The molecule has 5 heteroatoms. The highest BCUT2D eigenvalue weighted by Gasteiger charge is 2.15. The zero-order chi connectivity index (χ0) is 15.1. The van der Waals surface area contributed by atoms with Crippen LogP contribution in [0, 0.1) is 11.8 Å². The smallest absolute Gasteiger partial charge is 0.265 e. The third kappa shape index (κ3) is 4.22. The van der Waals surface area contributed by atoms with Crippen LogP contribution in [0.1, 0.15) is 35.2 Å². The molecule has 0 saturated carbocycles. The number of piperidine rings is 1. The molecular formula is C16H21N3O2. The number of hydrogen-bond donors (Lipinski definition) is 2. The SMILES string of the molecule is COc1ccc(C(=O)NN2CCCCC2)cc1C#CCN. The fourth-order valence-corrected chi connectivity index (χ4v) is 2.31. The molecule has 5 nitrogen and oxygen atoms in total. The second kappa shape index (κ2) is 7.67. The van der Waals surface area contributed by atoms with Crippen molar-refractivity contribution < 1.29 is 9.53 Å². The molecule has 0 bridgehead atoms. The summed E-state index contributed by atoms with van der Waals surface area (Å²) in [6, 6.07) is 5.23. The summed E-state index contributed by atoms with van der Waals surface area (Å²) in [5.74, 6) is 6.24. The van der Waals surface area contributed by atoms with Crippen LogP contribution >= 0.6 is 0 Å². The highest BCUT2D eigenvalue weighted by Crippen LogP contribution is 2.19. The van der Waals surface area contributed by atoms with Gasteiger partial charge in [0.05, 0.1) is 19.2 Å². The molecule has 2 rings (SSSR count). The molecule has 1 amide bonds. The van der Waals surface area contributed by atoms with Crippen LogP contribution in [-0.2, 0) is 0 Å². The molecule has 0 radical (unpaired) electrons. The number of nitrogens with one attached hydrogen (secondary N) is 1. The summed E-state index contributed by atoms with van der Waals surface area (Å²) in [4.78, 5) is 12.3. The summed E-state index contributed by atoms with van der Waals surface area (Å²) in [5.41, 5.74) is 9.57. The van der Waals surface area contributed by atoms with Crippen molar-refractivity contribution in [1.29, 1.82) is 0 Å². The standard InChI is InChI=1S/C16H21N3O2/c1-21-15-8-7-14(12-13(15)6-5-9-17)16(20)18-19-10-3-2-4-11-19/h7-8,12H,2-4,9-11,17H2,1H3,(H,18,20). The number of hydrazine groups is 1. The van der Waals surface area contributed by atoms with E-state index in [0.29, 0.717) is 16.9 Å². The van der Waals surface area contributed by atoms with Gasteiger partial charge in [-0.15, -0.1) is 0 Å². The van der Waals surface area contributed by atoms with E-state index >= 15 is 0 Å². The maximum atomic E-state index is 12.3. The predicted octanol–water partition coefficient (Wildman–Crippen LogP) is 1.14. The first-order chi connectivity index (χ1) is 10.2. The summed E-state index contributed by atoms with van der Waals surface area (Å²) in [6.07, 6.45) is 3.47. The van der Waals surface area contributed by atoms with Gasteiger partial charge in [-0.25, -0.2) is 5.01 Å². The van der Waals surface area contributed by atoms with Gasteiger partial charge in [-0.1, -0.05) is 18.3 Å². The predicted molar refractivity (Wildman–Crippen MR) is 81.8 cm³/mol. The van der Waals surface area contributed by atoms with E-state index in [1.165, 1.54) is 6.42 Å². The molecular weight excluding hydrogens is 266 g/mol. The normalized spacial score (nSPS) is 15.0. The number of benzene rings is 1. The van der Waals surface area contributed by atoms with Gasteiger partial charge in [-0.3, -0.25) is 10.2 Å². The first kappa shape index (κ1) is 15.4. The first-order valence-corrected chi connectivity index (χ1v) is 7.17. The van der Waals surface area contributed by atoms with Crippen molar-refractivity contribution in [2.75, 3.05) is 26.7 Å². The van der Waals surface area contributed by atoms with Crippen molar-refractivity contribution >= 4 is 5.91 Å². The summed E-state index contributed by atoms with van der Waals surface area (Å²) >= 11 is 0. The monoisotopic (exact) mass is 287 g/mol. The number of methoxy groups -OCH3 is 1. The van der Waals surface area contributed by atoms with Gasteiger partial charge < -0.3 is 10.5 Å². The van der Waals surface area contributed by atoms with Gasteiger partial charge in [0.1, 0.15) is 5.75 Å². The highest BCUT2D eigenvalue weighted by molar-refractivity contribution is 5.94. The quantitative estimate of drug-likeness (QED) is 0.818. The second-order valence-electron chi connectivity index (χ2n) is 4.91. The molecule has 1 heterocycles. The average molecular weight is 287 g/mol. The van der Waals surface area contributed by atoms with E-state index in [-0.39, 0.29) is 12.5 Å². The van der Waals surface area contributed by atoms with Crippen LogP contribution in [-0.4, -0.2) is 37.7 Å². The van der Waals surface area contributed by atoms with Crippen molar-refractivity contribution in [2.24, 2.45) is 5.73 Å². The second-order valence-corrected chi connectivity index (χ2v) is 4.91. The molecule has 1 aliphatic heterocycles. The van der Waals surface area contributed by atoms with Crippen LogP contribution in [0.5, 0.6) is 5.75 Å². The lowest BCUT2D eigenvalue weighted by Gasteiger charge is -2.26. The summed E-state index contributed by atoms with van der Waals surface area (Å²) < 4.78 is 5.24. The lowest BCUT2D eigenvalue weighted by molar-refractivity contribution is 0.0750. The Labute approximate surface area is 125 Å². The van der Waals surface area contributed by atoms with Crippen LogP contribution in [0.4, 0.5) is 0 Å². The summed E-state index contributed by atoms with van der Waals surface area (Å²) in [7, 11) is 1.58. The Hall–Kier alpha value is -2.03. The molecule has 112 valence electrons. The van der Waals surface area contributed by atoms with Crippen LogP contribution in [0.3, 0.4) is 0 Å². The molecule has 0 atom stereocenters. The van der Waals surface area contributed by atoms with Crippen LogP contribution in [0.2, 0.25) is 0 Å². The molecule has 21 heavy (non-hydrogen) atoms. The van der Waals surface area contributed by atoms with Gasteiger partial charge in [0.2, 0.25) is 0 Å². The van der Waals surface area contributed by atoms with Gasteiger partial charge >= 0.3 is 0 Å². The Morgan fingerprint density at radius 3 is 2.81 bits per heavy atom.